The Kier molecular flexibility index (Phi) is 45.6. The molecule has 0 aliphatic carbocycles. The molecule has 2 saturated heterocycles. The van der Waals surface area contributed by atoms with Gasteiger partial charge in [-0.2, -0.15) is 0 Å². The Labute approximate surface area is 483 Å². The second-order valence-corrected chi connectivity index (χ2v) is 21.4. The van der Waals surface area contributed by atoms with Gasteiger partial charge < -0.3 is 65.1 Å². The fraction of sp³-hybridized carbons (Fsp3) is 0.712. The van der Waals surface area contributed by atoms with Crippen molar-refractivity contribution in [2.24, 2.45) is 0 Å². The minimum Gasteiger partial charge on any atom is -0.394 e. The molecule has 2 rings (SSSR count). The molecule has 80 heavy (non-hydrogen) atoms. The molecule has 12 atom stereocenters. The van der Waals surface area contributed by atoms with Crippen LogP contribution in [0.2, 0.25) is 0 Å². The van der Waals surface area contributed by atoms with Crippen LogP contribution in [0.4, 0.5) is 0 Å². The average molecular weight is 1130 g/mol. The van der Waals surface area contributed by atoms with E-state index in [1.165, 1.54) is 70.6 Å². The van der Waals surface area contributed by atoms with E-state index in [1.54, 1.807) is 6.08 Å². The SMILES string of the molecule is CC/C=C\C/C=C\C/C=C\C/C=C\C/C=C\C/C=C\CCCCCCCCC(=O)NC(COC1OC(CO)C(OC2OC(CO)C(O)C(O)C2O)C(O)C1O)C(O)/C=C/CC/C=C/CC/C=C/CCCCCCCCCCCCC. The Hall–Kier alpha value is -3.35. The highest BCUT2D eigenvalue weighted by Crippen LogP contribution is 2.30. The van der Waals surface area contributed by atoms with E-state index >= 15 is 0 Å². The lowest BCUT2D eigenvalue weighted by Crippen LogP contribution is -2.65. The normalized spacial score (nSPS) is 25.0. The fourth-order valence-electron chi connectivity index (χ4n) is 9.44. The molecule has 458 valence electrons. The maximum Gasteiger partial charge on any atom is 0.220 e. The predicted molar refractivity (Wildman–Crippen MR) is 322 cm³/mol. The largest absolute Gasteiger partial charge is 0.394 e. The minimum atomic E-state index is -1.80. The number of ether oxygens (including phenoxy) is 4. The number of carbonyl (C=O) groups excluding carboxylic acids is 1. The van der Waals surface area contributed by atoms with Crippen LogP contribution in [-0.4, -0.2) is 140 Å². The number of hydrogen-bond acceptors (Lipinski definition) is 13. The van der Waals surface area contributed by atoms with Crippen molar-refractivity contribution < 1.29 is 64.6 Å². The number of amides is 1. The number of rotatable bonds is 48. The number of unbranched alkanes of at least 4 members (excludes halogenated alkanes) is 19. The van der Waals surface area contributed by atoms with E-state index in [4.69, 9.17) is 18.9 Å². The summed E-state index contributed by atoms with van der Waals surface area (Å²) in [6.45, 7) is 2.64. The summed E-state index contributed by atoms with van der Waals surface area (Å²) in [5.41, 5.74) is 0. The van der Waals surface area contributed by atoms with Gasteiger partial charge in [0.25, 0.3) is 0 Å². The van der Waals surface area contributed by atoms with Crippen molar-refractivity contribution >= 4 is 5.91 Å². The van der Waals surface area contributed by atoms with Gasteiger partial charge in [-0.1, -0.05) is 213 Å². The van der Waals surface area contributed by atoms with Crippen LogP contribution in [0, 0.1) is 0 Å². The molecule has 2 fully saturated rings. The van der Waals surface area contributed by atoms with Gasteiger partial charge in [-0.15, -0.1) is 0 Å². The Morgan fingerprint density at radius 1 is 0.463 bits per heavy atom. The van der Waals surface area contributed by atoms with Gasteiger partial charge >= 0.3 is 0 Å². The van der Waals surface area contributed by atoms with Crippen molar-refractivity contribution in [2.45, 2.75) is 280 Å². The van der Waals surface area contributed by atoms with Crippen molar-refractivity contribution in [2.75, 3.05) is 19.8 Å². The average Bonchev–Trinajstić information content (AvgIpc) is 3.49. The summed E-state index contributed by atoms with van der Waals surface area (Å²) in [6.07, 6.45) is 54.0. The molecular formula is C66H111NO13. The first-order valence-corrected chi connectivity index (χ1v) is 31.1. The number of carbonyl (C=O) groups is 1. The first-order valence-electron chi connectivity index (χ1n) is 31.1. The summed E-state index contributed by atoms with van der Waals surface area (Å²) in [4.78, 5) is 13.3. The van der Waals surface area contributed by atoms with Crippen LogP contribution in [0.3, 0.4) is 0 Å². The van der Waals surface area contributed by atoms with Crippen LogP contribution in [0.15, 0.2) is 109 Å². The molecule has 14 nitrogen and oxygen atoms in total. The second kappa shape index (κ2) is 50.2. The maximum absolute atomic E-state index is 13.3. The summed E-state index contributed by atoms with van der Waals surface area (Å²) in [5.74, 6) is -0.272. The molecule has 2 aliphatic rings. The molecule has 1 amide bonds. The van der Waals surface area contributed by atoms with E-state index in [2.05, 4.69) is 116 Å². The Balaban J connectivity index is 1.79. The molecular weight excluding hydrogens is 1010 g/mol. The topological polar surface area (TPSA) is 228 Å². The number of allylic oxidation sites excluding steroid dienone is 17. The highest BCUT2D eigenvalue weighted by Gasteiger charge is 2.51. The summed E-state index contributed by atoms with van der Waals surface area (Å²) < 4.78 is 22.8. The highest BCUT2D eigenvalue weighted by atomic mass is 16.7. The molecule has 0 radical (unpaired) electrons. The van der Waals surface area contributed by atoms with Gasteiger partial charge in [0.1, 0.15) is 48.8 Å². The van der Waals surface area contributed by atoms with Gasteiger partial charge in [0.2, 0.25) is 5.91 Å². The lowest BCUT2D eigenvalue weighted by Gasteiger charge is -2.46. The molecule has 12 unspecified atom stereocenters. The third-order valence-electron chi connectivity index (χ3n) is 14.4. The number of hydrogen-bond donors (Lipinski definition) is 9. The third-order valence-corrected chi connectivity index (χ3v) is 14.4. The minimum absolute atomic E-state index is 0.246. The molecule has 9 N–H and O–H groups in total. The maximum atomic E-state index is 13.3. The summed E-state index contributed by atoms with van der Waals surface area (Å²) in [6, 6.07) is -0.955. The van der Waals surface area contributed by atoms with Gasteiger partial charge in [-0.3, -0.25) is 4.79 Å². The molecule has 0 aromatic carbocycles. The zero-order chi connectivity index (χ0) is 58.1. The summed E-state index contributed by atoms with van der Waals surface area (Å²) >= 11 is 0. The quantitative estimate of drug-likeness (QED) is 0.0204. The monoisotopic (exact) mass is 1130 g/mol. The third kappa shape index (κ3) is 34.9. The lowest BCUT2D eigenvalue weighted by molar-refractivity contribution is -0.359. The molecule has 0 spiro atoms. The van der Waals surface area contributed by atoms with E-state index < -0.39 is 86.8 Å². The molecule has 2 heterocycles. The first kappa shape index (κ1) is 72.8. The molecule has 0 aromatic rings. The molecule has 0 aromatic heterocycles. The number of aliphatic hydroxyl groups excluding tert-OH is 8. The van der Waals surface area contributed by atoms with Crippen molar-refractivity contribution in [1.29, 1.82) is 0 Å². The van der Waals surface area contributed by atoms with Crippen LogP contribution in [0.25, 0.3) is 0 Å². The van der Waals surface area contributed by atoms with Crippen LogP contribution >= 0.6 is 0 Å². The summed E-state index contributed by atoms with van der Waals surface area (Å²) in [7, 11) is 0. The van der Waals surface area contributed by atoms with Crippen LogP contribution < -0.4 is 5.32 Å². The Morgan fingerprint density at radius 2 is 0.875 bits per heavy atom. The molecule has 0 bridgehead atoms. The standard InChI is InChI=1S/C66H111NO13/c1-3-5-7-9-11-13-15-17-19-21-23-25-26-27-28-30-32-34-36-38-40-42-44-46-48-50-58(71)67-54(55(70)49-47-45-43-41-39-37-35-33-31-29-24-22-20-18-16-14-12-10-8-6-4-2)53-77-65-63(76)61(74)64(57(52-69)79-65)80-66-62(75)60(73)59(72)56(51-68)78-66/h5,7,11,13,17,19,23,25,27-28,31-34,39,41,47,49,54-57,59-66,68-70,72-76H,3-4,6,8-10,12,14-16,18,20-22,24,26,29-30,35-38,40,42-46,48,50-53H2,1-2H3,(H,67,71)/b7-5-,13-11-,19-17-,25-23-,28-27-,33-31+,34-32-,41-39+,49-47+. The molecule has 2 aliphatic heterocycles. The molecule has 14 heteroatoms. The van der Waals surface area contributed by atoms with Gasteiger partial charge in [-0.25, -0.2) is 0 Å². The van der Waals surface area contributed by atoms with Crippen molar-refractivity contribution in [3.8, 4) is 0 Å². The Morgan fingerprint density at radius 3 is 1.38 bits per heavy atom. The van der Waals surface area contributed by atoms with Crippen molar-refractivity contribution in [1.82, 2.24) is 5.32 Å². The predicted octanol–water partition coefficient (Wildman–Crippen LogP) is 11.2. The molecule has 0 saturated carbocycles. The van der Waals surface area contributed by atoms with Crippen LogP contribution in [-0.2, 0) is 23.7 Å². The van der Waals surface area contributed by atoms with E-state index in [9.17, 15) is 45.6 Å². The van der Waals surface area contributed by atoms with Crippen LogP contribution in [0.1, 0.15) is 206 Å². The van der Waals surface area contributed by atoms with E-state index in [0.29, 0.717) is 12.8 Å². The van der Waals surface area contributed by atoms with Gasteiger partial charge in [0.15, 0.2) is 12.6 Å². The van der Waals surface area contributed by atoms with Gasteiger partial charge in [0.05, 0.1) is 32.0 Å². The van der Waals surface area contributed by atoms with Crippen LogP contribution in [0.5, 0.6) is 0 Å². The first-order chi connectivity index (χ1) is 39.1. The van der Waals surface area contributed by atoms with Gasteiger partial charge in [-0.05, 0) is 96.3 Å². The fourth-order valence-corrected chi connectivity index (χ4v) is 9.44. The lowest BCUT2D eigenvalue weighted by atomic mass is 9.97. The second-order valence-electron chi connectivity index (χ2n) is 21.4. The summed E-state index contributed by atoms with van der Waals surface area (Å²) in [5, 5.41) is 87.2. The van der Waals surface area contributed by atoms with E-state index in [1.807, 2.05) is 6.08 Å². The zero-order valence-electron chi connectivity index (χ0n) is 49.3. The van der Waals surface area contributed by atoms with Gasteiger partial charge in [0, 0.05) is 6.42 Å². The number of aliphatic hydroxyl groups is 8. The highest BCUT2D eigenvalue weighted by molar-refractivity contribution is 5.76. The zero-order valence-corrected chi connectivity index (χ0v) is 49.3. The Bertz CT molecular complexity index is 1760. The van der Waals surface area contributed by atoms with E-state index in [-0.39, 0.29) is 18.9 Å². The van der Waals surface area contributed by atoms with Crippen molar-refractivity contribution in [3.63, 3.8) is 0 Å². The number of nitrogens with one attached hydrogen (secondary N) is 1. The van der Waals surface area contributed by atoms with Crippen molar-refractivity contribution in [3.05, 3.63) is 109 Å². The smallest absolute Gasteiger partial charge is 0.220 e. The van der Waals surface area contributed by atoms with E-state index in [0.717, 1.165) is 103 Å².